The molecule has 0 spiro atoms. The molecule has 14 heteroatoms. The summed E-state index contributed by atoms with van der Waals surface area (Å²) >= 11 is 11.9. The first-order chi connectivity index (χ1) is 16.7. The number of primary sulfonamides is 1. The fourth-order valence-corrected chi connectivity index (χ4v) is 3.93. The number of hydrogen-bond donors (Lipinski definition) is 2. The van der Waals surface area contributed by atoms with Crippen LogP contribution >= 0.6 is 23.2 Å². The number of amides is 1. The highest BCUT2D eigenvalue weighted by Crippen LogP contribution is 2.33. The molecule has 3 rings (SSSR count). The summed E-state index contributed by atoms with van der Waals surface area (Å²) in [5.41, 5.74) is -0.000424. The third-order valence-electron chi connectivity index (χ3n) is 4.43. The summed E-state index contributed by atoms with van der Waals surface area (Å²) in [5, 5.41) is 8.02. The first kappa shape index (κ1) is 27.5. The van der Waals surface area contributed by atoms with E-state index in [1.165, 1.54) is 24.3 Å². The Labute approximate surface area is 212 Å². The molecule has 0 saturated heterocycles. The monoisotopic (exact) mass is 566 g/mol. The molecule has 0 atom stereocenters. The van der Waals surface area contributed by atoms with Gasteiger partial charge >= 0.3 is 12.5 Å². The molecule has 0 aliphatic carbocycles. The zero-order chi connectivity index (χ0) is 26.7. The minimum atomic E-state index is -4.74. The molecule has 36 heavy (non-hydrogen) atoms. The topological polar surface area (TPSA) is 108 Å². The van der Waals surface area contributed by atoms with Gasteiger partial charge in [0.1, 0.15) is 22.1 Å². The molecule has 3 N–H and O–H groups in total. The lowest BCUT2D eigenvalue weighted by Crippen LogP contribution is -2.33. The van der Waals surface area contributed by atoms with E-state index in [-0.39, 0.29) is 27.8 Å². The maximum absolute atomic E-state index is 13.2. The summed E-state index contributed by atoms with van der Waals surface area (Å²) in [4.78, 5) is 12.1. The number of nitrogens with two attached hydrogens (primary N) is 1. The van der Waals surface area contributed by atoms with E-state index >= 15 is 0 Å². The summed E-state index contributed by atoms with van der Waals surface area (Å²) in [6.07, 6.45) is -9.30. The lowest BCUT2D eigenvalue weighted by atomic mass is 10.1. The van der Waals surface area contributed by atoms with E-state index in [0.29, 0.717) is 5.02 Å². The number of sulfonamides is 1. The highest BCUT2D eigenvalue weighted by Gasteiger charge is 2.44. The van der Waals surface area contributed by atoms with Crippen molar-refractivity contribution in [3.63, 3.8) is 0 Å². The highest BCUT2D eigenvalue weighted by atomic mass is 35.5. The Hall–Kier alpha value is -3.06. The van der Waals surface area contributed by atoms with Crippen molar-refractivity contribution >= 4 is 44.8 Å². The Balaban J connectivity index is 1.79. The molecule has 1 amide bonds. The number of nitrogens with one attached hydrogen (secondary N) is 1. The van der Waals surface area contributed by atoms with Crippen LogP contribution in [-0.2, 0) is 21.2 Å². The van der Waals surface area contributed by atoms with Crippen LogP contribution in [0.4, 0.5) is 23.2 Å². The van der Waals surface area contributed by atoms with Gasteiger partial charge in [-0.3, -0.25) is 4.79 Å². The van der Waals surface area contributed by atoms with Gasteiger partial charge in [-0.05, 0) is 60.2 Å². The van der Waals surface area contributed by atoms with Gasteiger partial charge in [-0.1, -0.05) is 29.3 Å². The van der Waals surface area contributed by atoms with Crippen LogP contribution in [0.1, 0.15) is 5.56 Å². The molecule has 0 aliphatic rings. The van der Waals surface area contributed by atoms with Gasteiger partial charge in [-0.2, -0.15) is 17.6 Å². The van der Waals surface area contributed by atoms with Crippen LogP contribution in [-0.4, -0.2) is 26.9 Å². The van der Waals surface area contributed by atoms with Gasteiger partial charge in [0.25, 0.3) is 0 Å². The largest absolute Gasteiger partial charge is 0.461 e. The van der Waals surface area contributed by atoms with Crippen LogP contribution in [0, 0.1) is 0 Å². The first-order valence-electron chi connectivity index (χ1n) is 9.78. The summed E-state index contributed by atoms with van der Waals surface area (Å²) in [5.74, 6) is -1.27. The SMILES string of the molecule is NS(=O)(=O)c1cc(NC(=O)Cc2cc(OC(F)(F)C(F)F)ccc2Cl)ccc1Oc1cccc(Cl)c1. The quantitative estimate of drug-likeness (QED) is 0.316. The van der Waals surface area contributed by atoms with Crippen molar-refractivity contribution in [2.24, 2.45) is 5.14 Å². The Bertz CT molecular complexity index is 1390. The number of rotatable bonds is 9. The number of alkyl halides is 4. The van der Waals surface area contributed by atoms with Gasteiger partial charge in [-0.25, -0.2) is 13.6 Å². The molecular formula is C22H16Cl2F4N2O5S. The first-order valence-corrected chi connectivity index (χ1v) is 12.1. The molecule has 192 valence electrons. The smallest absolute Gasteiger partial charge is 0.456 e. The molecule has 0 unspecified atom stereocenters. The van der Waals surface area contributed by atoms with Gasteiger partial charge in [-0.15, -0.1) is 0 Å². The molecule has 0 heterocycles. The van der Waals surface area contributed by atoms with Crippen molar-refractivity contribution in [1.29, 1.82) is 0 Å². The summed E-state index contributed by atoms with van der Waals surface area (Å²) < 4.78 is 84.9. The van der Waals surface area contributed by atoms with Crippen LogP contribution in [0.3, 0.4) is 0 Å². The second kappa shape index (κ2) is 10.9. The van der Waals surface area contributed by atoms with Crippen molar-refractivity contribution in [2.45, 2.75) is 23.9 Å². The van der Waals surface area contributed by atoms with E-state index in [9.17, 15) is 30.8 Å². The predicted octanol–water partition coefficient (Wildman–Crippen LogP) is 5.85. The molecule has 0 radical (unpaired) electrons. The maximum atomic E-state index is 13.2. The van der Waals surface area contributed by atoms with Crippen molar-refractivity contribution in [2.75, 3.05) is 5.32 Å². The van der Waals surface area contributed by atoms with Crippen molar-refractivity contribution in [3.8, 4) is 17.2 Å². The number of benzene rings is 3. The lowest BCUT2D eigenvalue weighted by Gasteiger charge is -2.17. The highest BCUT2D eigenvalue weighted by molar-refractivity contribution is 7.89. The van der Waals surface area contributed by atoms with Crippen LogP contribution < -0.4 is 19.9 Å². The zero-order valence-electron chi connectivity index (χ0n) is 17.9. The van der Waals surface area contributed by atoms with Gasteiger partial charge in [0.05, 0.1) is 6.42 Å². The van der Waals surface area contributed by atoms with E-state index in [2.05, 4.69) is 10.1 Å². The third kappa shape index (κ3) is 7.23. The number of ether oxygens (including phenoxy) is 2. The zero-order valence-corrected chi connectivity index (χ0v) is 20.2. The van der Waals surface area contributed by atoms with E-state index in [1.54, 1.807) is 12.1 Å². The van der Waals surface area contributed by atoms with Crippen LogP contribution in [0.5, 0.6) is 17.2 Å². The molecule has 0 fully saturated rings. The lowest BCUT2D eigenvalue weighted by molar-refractivity contribution is -0.253. The van der Waals surface area contributed by atoms with E-state index in [4.69, 9.17) is 33.1 Å². The third-order valence-corrected chi connectivity index (χ3v) is 5.97. The molecule has 0 saturated carbocycles. The Morgan fingerprint density at radius 3 is 2.39 bits per heavy atom. The summed E-state index contributed by atoms with van der Waals surface area (Å²) in [6, 6.07) is 12.7. The van der Waals surface area contributed by atoms with Crippen molar-refractivity contribution < 1.29 is 40.2 Å². The number of hydrogen-bond acceptors (Lipinski definition) is 5. The Morgan fingerprint density at radius 2 is 1.75 bits per heavy atom. The number of carbonyl (C=O) groups is 1. The maximum Gasteiger partial charge on any atom is 0.461 e. The minimum Gasteiger partial charge on any atom is -0.456 e. The average molecular weight is 567 g/mol. The normalized spacial score (nSPS) is 11.9. The molecular weight excluding hydrogens is 551 g/mol. The molecule has 3 aromatic rings. The number of halogens is 6. The second-order valence-electron chi connectivity index (χ2n) is 7.21. The second-order valence-corrected chi connectivity index (χ2v) is 9.58. The summed E-state index contributed by atoms with van der Waals surface area (Å²) in [6.45, 7) is 0. The Morgan fingerprint density at radius 1 is 1.03 bits per heavy atom. The fourth-order valence-electron chi connectivity index (χ4n) is 2.88. The standard InChI is InChI=1S/C22H16Cl2F4N2O5S/c23-13-2-1-3-15(10-13)34-18-7-4-14(11-19(18)36(29,32)33)30-20(31)9-12-8-16(5-6-17(12)24)35-22(27,28)21(25)26/h1-8,10-11,21H,9H2,(H,30,31)(H2,29,32,33). The predicted molar refractivity (Wildman–Crippen MR) is 125 cm³/mol. The number of carbonyl (C=O) groups excluding carboxylic acids is 1. The molecule has 0 bridgehead atoms. The van der Waals surface area contributed by atoms with Crippen molar-refractivity contribution in [1.82, 2.24) is 0 Å². The van der Waals surface area contributed by atoms with Gasteiger partial charge in [0.15, 0.2) is 0 Å². The minimum absolute atomic E-state index is 0.00947. The van der Waals surface area contributed by atoms with Gasteiger partial charge in [0.2, 0.25) is 15.9 Å². The molecule has 0 aliphatic heterocycles. The average Bonchev–Trinajstić information content (AvgIpc) is 2.76. The van der Waals surface area contributed by atoms with E-state index < -0.39 is 45.5 Å². The van der Waals surface area contributed by atoms with Crippen molar-refractivity contribution in [3.05, 3.63) is 76.3 Å². The number of anilines is 1. The van der Waals surface area contributed by atoms with Gasteiger partial charge < -0.3 is 14.8 Å². The van der Waals surface area contributed by atoms with Crippen LogP contribution in [0.15, 0.2) is 65.6 Å². The summed E-state index contributed by atoms with van der Waals surface area (Å²) in [7, 11) is -4.30. The van der Waals surface area contributed by atoms with Gasteiger partial charge in [0, 0.05) is 15.7 Å². The van der Waals surface area contributed by atoms with E-state index in [0.717, 1.165) is 24.3 Å². The van der Waals surface area contributed by atoms with Crippen LogP contribution in [0.2, 0.25) is 10.0 Å². The molecule has 3 aromatic carbocycles. The Kier molecular flexibility index (Phi) is 8.34. The van der Waals surface area contributed by atoms with Crippen LogP contribution in [0.25, 0.3) is 0 Å². The molecule has 0 aromatic heterocycles. The van der Waals surface area contributed by atoms with E-state index in [1.807, 2.05) is 0 Å². The molecule has 7 nitrogen and oxygen atoms in total. The fraction of sp³-hybridized carbons (Fsp3) is 0.136.